The topological polar surface area (TPSA) is 72.5 Å². The molecule has 2 aromatic carbocycles. The van der Waals surface area contributed by atoms with Gasteiger partial charge in [-0.15, -0.1) is 0 Å². The second-order valence-electron chi connectivity index (χ2n) is 6.16. The lowest BCUT2D eigenvalue weighted by Gasteiger charge is -2.18. The van der Waals surface area contributed by atoms with Crippen molar-refractivity contribution in [3.05, 3.63) is 65.7 Å². The van der Waals surface area contributed by atoms with E-state index in [2.05, 4.69) is 4.72 Å². The Morgan fingerprint density at radius 1 is 1.08 bits per heavy atom. The van der Waals surface area contributed by atoms with Crippen LogP contribution in [0.1, 0.15) is 30.9 Å². The summed E-state index contributed by atoms with van der Waals surface area (Å²) < 4.78 is 32.9. The van der Waals surface area contributed by atoms with Gasteiger partial charge in [-0.1, -0.05) is 48.0 Å². The maximum absolute atomic E-state index is 12.6. The first-order valence-electron chi connectivity index (χ1n) is 8.69. The molecular formula is C20H25NO4S. The van der Waals surface area contributed by atoms with Crippen molar-refractivity contribution >= 4 is 16.0 Å². The molecule has 140 valence electrons. The van der Waals surface area contributed by atoms with Gasteiger partial charge >= 0.3 is 5.97 Å². The predicted octanol–water partition coefficient (Wildman–Crippen LogP) is 3.23. The Morgan fingerprint density at radius 2 is 1.73 bits per heavy atom. The van der Waals surface area contributed by atoms with Crippen molar-refractivity contribution in [2.45, 2.75) is 44.0 Å². The average molecular weight is 375 g/mol. The molecule has 0 amide bonds. The van der Waals surface area contributed by atoms with Gasteiger partial charge < -0.3 is 4.74 Å². The first kappa shape index (κ1) is 20.1. The number of sulfonamides is 1. The highest BCUT2D eigenvalue weighted by Crippen LogP contribution is 2.14. The van der Waals surface area contributed by atoms with Gasteiger partial charge in [0.05, 0.1) is 17.9 Å². The van der Waals surface area contributed by atoms with Crippen molar-refractivity contribution in [2.24, 2.45) is 0 Å². The summed E-state index contributed by atoms with van der Waals surface area (Å²) in [5, 5.41) is 0. The summed E-state index contributed by atoms with van der Waals surface area (Å²) in [6.45, 7) is 3.90. The summed E-state index contributed by atoms with van der Waals surface area (Å²) in [6, 6.07) is 15.9. The molecule has 0 spiro atoms. The number of hydrogen-bond acceptors (Lipinski definition) is 4. The molecule has 5 nitrogen and oxygen atoms in total. The predicted molar refractivity (Wildman–Crippen MR) is 101 cm³/mol. The van der Waals surface area contributed by atoms with Crippen molar-refractivity contribution in [2.75, 3.05) is 6.61 Å². The summed E-state index contributed by atoms with van der Waals surface area (Å²) >= 11 is 0. The molecule has 0 heterocycles. The Labute approximate surface area is 155 Å². The summed E-state index contributed by atoms with van der Waals surface area (Å²) in [7, 11) is -3.70. The van der Waals surface area contributed by atoms with E-state index in [-0.39, 0.29) is 17.9 Å². The zero-order valence-electron chi connectivity index (χ0n) is 15.1. The molecule has 1 atom stereocenters. The summed E-state index contributed by atoms with van der Waals surface area (Å²) in [5.41, 5.74) is 2.08. The molecule has 1 N–H and O–H groups in total. The Bertz CT molecular complexity index is 801. The normalized spacial score (nSPS) is 12.5. The van der Waals surface area contributed by atoms with Crippen LogP contribution in [0, 0.1) is 6.92 Å². The minimum Gasteiger partial charge on any atom is -0.466 e. The maximum atomic E-state index is 12.6. The van der Waals surface area contributed by atoms with Crippen LogP contribution in [-0.2, 0) is 26.0 Å². The van der Waals surface area contributed by atoms with E-state index in [1.807, 2.05) is 37.3 Å². The number of carbonyl (C=O) groups is 1. The van der Waals surface area contributed by atoms with Crippen LogP contribution >= 0.6 is 0 Å². The third-order valence-electron chi connectivity index (χ3n) is 4.00. The van der Waals surface area contributed by atoms with E-state index in [0.29, 0.717) is 12.8 Å². The summed E-state index contributed by atoms with van der Waals surface area (Å²) in [5.74, 6) is -0.405. The molecule has 26 heavy (non-hydrogen) atoms. The lowest BCUT2D eigenvalue weighted by Crippen LogP contribution is -2.37. The monoisotopic (exact) mass is 375 g/mol. The molecule has 0 aliphatic heterocycles. The smallest absolute Gasteiger partial charge is 0.307 e. The van der Waals surface area contributed by atoms with Gasteiger partial charge in [-0.3, -0.25) is 4.79 Å². The minimum atomic E-state index is -3.70. The van der Waals surface area contributed by atoms with Gasteiger partial charge in [0, 0.05) is 6.04 Å². The fourth-order valence-corrected chi connectivity index (χ4v) is 3.88. The fourth-order valence-electron chi connectivity index (χ4n) is 2.61. The molecule has 0 saturated carbocycles. The lowest BCUT2D eigenvalue weighted by atomic mass is 10.0. The zero-order chi connectivity index (χ0) is 19.0. The molecule has 2 aromatic rings. The molecule has 0 unspecified atom stereocenters. The number of esters is 1. The summed E-state index contributed by atoms with van der Waals surface area (Å²) in [4.78, 5) is 12.1. The highest BCUT2D eigenvalue weighted by molar-refractivity contribution is 7.89. The molecule has 2 rings (SSSR count). The Balaban J connectivity index is 2.11. The first-order valence-corrected chi connectivity index (χ1v) is 10.2. The Morgan fingerprint density at radius 3 is 2.35 bits per heavy atom. The van der Waals surface area contributed by atoms with Gasteiger partial charge in [0.15, 0.2) is 0 Å². The third kappa shape index (κ3) is 6.28. The van der Waals surface area contributed by atoms with E-state index in [9.17, 15) is 13.2 Å². The molecule has 6 heteroatoms. The van der Waals surface area contributed by atoms with Gasteiger partial charge in [0.1, 0.15) is 0 Å². The van der Waals surface area contributed by atoms with Crippen LogP contribution in [0.25, 0.3) is 0 Å². The van der Waals surface area contributed by atoms with E-state index in [1.165, 1.54) is 0 Å². The fraction of sp³-hybridized carbons (Fsp3) is 0.350. The van der Waals surface area contributed by atoms with E-state index >= 15 is 0 Å². The molecule has 0 aromatic heterocycles. The van der Waals surface area contributed by atoms with Gasteiger partial charge in [-0.25, -0.2) is 13.1 Å². The number of benzene rings is 2. The number of ether oxygens (including phenoxy) is 1. The highest BCUT2D eigenvalue weighted by atomic mass is 32.2. The molecule has 0 saturated heterocycles. The molecule has 0 aliphatic carbocycles. The first-order chi connectivity index (χ1) is 12.4. The average Bonchev–Trinajstić information content (AvgIpc) is 2.61. The molecule has 0 bridgehead atoms. The Hall–Kier alpha value is -2.18. The lowest BCUT2D eigenvalue weighted by molar-refractivity contribution is -0.143. The number of hydrogen-bond donors (Lipinski definition) is 1. The van der Waals surface area contributed by atoms with Crippen LogP contribution in [-0.4, -0.2) is 27.0 Å². The van der Waals surface area contributed by atoms with Crippen molar-refractivity contribution in [1.29, 1.82) is 0 Å². The quantitative estimate of drug-likeness (QED) is 0.683. The maximum Gasteiger partial charge on any atom is 0.307 e. The summed E-state index contributed by atoms with van der Waals surface area (Å²) in [6.07, 6.45) is 1.18. The standard InChI is InChI=1S/C20H25NO4S/c1-3-25-20(22)15-18(12-11-17-7-5-4-6-8-17)21-26(23,24)19-13-9-16(2)10-14-19/h4-10,13-14,18,21H,3,11-12,15H2,1-2H3/t18-/m1/s1. The second kappa shape index (κ2) is 9.50. The van der Waals surface area contributed by atoms with Crippen LogP contribution in [0.15, 0.2) is 59.5 Å². The molecular weight excluding hydrogens is 350 g/mol. The van der Waals surface area contributed by atoms with E-state index in [1.54, 1.807) is 31.2 Å². The van der Waals surface area contributed by atoms with Crippen LogP contribution in [0.5, 0.6) is 0 Å². The largest absolute Gasteiger partial charge is 0.466 e. The highest BCUT2D eigenvalue weighted by Gasteiger charge is 2.22. The van der Waals surface area contributed by atoms with Gasteiger partial charge in [0.25, 0.3) is 0 Å². The van der Waals surface area contributed by atoms with Crippen molar-refractivity contribution in [3.8, 4) is 0 Å². The van der Waals surface area contributed by atoms with Crippen molar-refractivity contribution < 1.29 is 17.9 Å². The minimum absolute atomic E-state index is 0.00572. The van der Waals surface area contributed by atoms with E-state index < -0.39 is 22.0 Å². The van der Waals surface area contributed by atoms with Gasteiger partial charge in [-0.05, 0) is 44.4 Å². The number of nitrogens with one attached hydrogen (secondary N) is 1. The number of carbonyl (C=O) groups excluding carboxylic acids is 1. The van der Waals surface area contributed by atoms with Gasteiger partial charge in [0.2, 0.25) is 10.0 Å². The van der Waals surface area contributed by atoms with Crippen LogP contribution in [0.4, 0.5) is 0 Å². The van der Waals surface area contributed by atoms with Crippen molar-refractivity contribution in [1.82, 2.24) is 4.72 Å². The van der Waals surface area contributed by atoms with Gasteiger partial charge in [-0.2, -0.15) is 0 Å². The van der Waals surface area contributed by atoms with Crippen LogP contribution in [0.2, 0.25) is 0 Å². The number of aryl methyl sites for hydroxylation is 2. The van der Waals surface area contributed by atoms with Crippen molar-refractivity contribution in [3.63, 3.8) is 0 Å². The van der Waals surface area contributed by atoms with Crippen LogP contribution in [0.3, 0.4) is 0 Å². The van der Waals surface area contributed by atoms with E-state index in [0.717, 1.165) is 11.1 Å². The molecule has 0 fully saturated rings. The zero-order valence-corrected chi connectivity index (χ0v) is 16.0. The second-order valence-corrected chi connectivity index (χ2v) is 7.88. The molecule has 0 radical (unpaired) electrons. The Kier molecular flexibility index (Phi) is 7.36. The molecule has 0 aliphatic rings. The SMILES string of the molecule is CCOC(=O)C[C@@H](CCc1ccccc1)NS(=O)(=O)c1ccc(C)cc1. The van der Waals surface area contributed by atoms with Crippen LogP contribution < -0.4 is 4.72 Å². The number of rotatable bonds is 9. The third-order valence-corrected chi connectivity index (χ3v) is 5.53. The van der Waals surface area contributed by atoms with E-state index in [4.69, 9.17) is 4.74 Å².